The van der Waals surface area contributed by atoms with Crippen LogP contribution in [0.25, 0.3) is 0 Å². The van der Waals surface area contributed by atoms with Crippen molar-refractivity contribution in [3.05, 3.63) is 81.7 Å². The summed E-state index contributed by atoms with van der Waals surface area (Å²) in [6, 6.07) is 12.4. The predicted octanol–water partition coefficient (Wildman–Crippen LogP) is 2.96. The van der Waals surface area contributed by atoms with E-state index in [9.17, 15) is 23.3 Å². The fourth-order valence-corrected chi connectivity index (χ4v) is 3.86. The van der Waals surface area contributed by atoms with Crippen LogP contribution in [0.4, 0.5) is 11.4 Å². The second kappa shape index (κ2) is 8.33. The number of hydrogen-bond donors (Lipinski definition) is 1. The third kappa shape index (κ3) is 4.63. The number of nitrogens with zero attached hydrogens (tertiary/aromatic N) is 3. The van der Waals surface area contributed by atoms with E-state index in [1.807, 2.05) is 0 Å². The molecule has 0 radical (unpaired) electrons. The molecule has 3 aromatic rings. The Labute approximate surface area is 172 Å². The van der Waals surface area contributed by atoms with Gasteiger partial charge < -0.3 is 9.42 Å². The van der Waals surface area contributed by atoms with E-state index in [2.05, 4.69) is 9.88 Å². The number of nitro groups is 1. The summed E-state index contributed by atoms with van der Waals surface area (Å²) in [6.45, 7) is 1.90. The lowest BCUT2D eigenvalue weighted by Gasteiger charge is -2.18. The third-order valence-electron chi connectivity index (χ3n) is 4.16. The Bertz CT molecular complexity index is 1200. The monoisotopic (exact) mass is 430 g/mol. The van der Waals surface area contributed by atoms with Gasteiger partial charge in [-0.2, -0.15) is 0 Å². The molecule has 0 bridgehead atoms. The Morgan fingerprint density at radius 2 is 1.93 bits per heavy atom. The predicted molar refractivity (Wildman–Crippen MR) is 107 cm³/mol. The zero-order valence-corrected chi connectivity index (χ0v) is 16.9. The molecule has 0 spiro atoms. The summed E-state index contributed by atoms with van der Waals surface area (Å²) in [4.78, 5) is 24.2. The maximum Gasteiger partial charge on any atom is 0.270 e. The topological polar surface area (TPSA) is 136 Å². The maximum atomic E-state index is 12.9. The van der Waals surface area contributed by atoms with Gasteiger partial charge in [0.1, 0.15) is 11.5 Å². The summed E-state index contributed by atoms with van der Waals surface area (Å²) >= 11 is 0. The van der Waals surface area contributed by atoms with Crippen LogP contribution in [0, 0.1) is 17.0 Å². The van der Waals surface area contributed by atoms with Crippen molar-refractivity contribution in [2.45, 2.75) is 18.4 Å². The van der Waals surface area contributed by atoms with E-state index < -0.39 is 20.9 Å². The van der Waals surface area contributed by atoms with Gasteiger partial charge in [-0.05, 0) is 25.1 Å². The van der Waals surface area contributed by atoms with E-state index >= 15 is 0 Å². The van der Waals surface area contributed by atoms with Crippen LogP contribution >= 0.6 is 0 Å². The highest BCUT2D eigenvalue weighted by Crippen LogP contribution is 2.24. The molecule has 11 heteroatoms. The number of non-ortho nitro benzene ring substituents is 1. The molecule has 0 aliphatic carbocycles. The zero-order valence-electron chi connectivity index (χ0n) is 16.1. The molecule has 0 fully saturated rings. The highest BCUT2D eigenvalue weighted by atomic mass is 32.2. The highest BCUT2D eigenvalue weighted by molar-refractivity contribution is 7.92. The van der Waals surface area contributed by atoms with Gasteiger partial charge in [0, 0.05) is 25.2 Å². The van der Waals surface area contributed by atoms with Crippen molar-refractivity contribution in [1.82, 2.24) is 10.1 Å². The van der Waals surface area contributed by atoms with Gasteiger partial charge in [0.2, 0.25) is 0 Å². The fourth-order valence-electron chi connectivity index (χ4n) is 2.74. The van der Waals surface area contributed by atoms with Crippen LogP contribution in [0.3, 0.4) is 0 Å². The molecule has 0 unspecified atom stereocenters. The molecule has 3 rings (SSSR count). The van der Waals surface area contributed by atoms with Crippen LogP contribution in [-0.2, 0) is 16.6 Å². The van der Waals surface area contributed by atoms with E-state index in [4.69, 9.17) is 4.52 Å². The van der Waals surface area contributed by atoms with Gasteiger partial charge in [0.05, 0.1) is 27.6 Å². The Kier molecular flexibility index (Phi) is 5.83. The second-order valence-corrected chi connectivity index (χ2v) is 8.18. The lowest BCUT2D eigenvalue weighted by atomic mass is 10.1. The number of amides is 1. The molecule has 0 aliphatic rings. The number of sulfonamides is 1. The van der Waals surface area contributed by atoms with Crippen molar-refractivity contribution in [3.8, 4) is 0 Å². The van der Waals surface area contributed by atoms with Gasteiger partial charge in [-0.3, -0.25) is 19.6 Å². The lowest BCUT2D eigenvalue weighted by molar-refractivity contribution is -0.385. The number of nitro benzene ring substituents is 1. The van der Waals surface area contributed by atoms with Crippen molar-refractivity contribution in [1.29, 1.82) is 0 Å². The lowest BCUT2D eigenvalue weighted by Crippen LogP contribution is -2.27. The molecule has 0 atom stereocenters. The Morgan fingerprint density at radius 3 is 2.60 bits per heavy atom. The van der Waals surface area contributed by atoms with Crippen LogP contribution in [0.1, 0.15) is 21.8 Å². The number of rotatable bonds is 7. The van der Waals surface area contributed by atoms with Crippen LogP contribution in [0.15, 0.2) is 64.0 Å². The van der Waals surface area contributed by atoms with Crippen LogP contribution < -0.4 is 4.72 Å². The molecule has 1 N–H and O–H groups in total. The summed E-state index contributed by atoms with van der Waals surface area (Å²) in [5, 5.41) is 14.8. The van der Waals surface area contributed by atoms with E-state index in [1.165, 1.54) is 35.2 Å². The minimum atomic E-state index is -4.16. The number of carbonyl (C=O) groups excluding carboxylic acids is 1. The number of anilines is 1. The minimum absolute atomic E-state index is 0.0530. The molecule has 0 aliphatic heterocycles. The molecule has 0 saturated heterocycles. The number of para-hydroxylation sites is 1. The molecule has 1 aromatic heterocycles. The van der Waals surface area contributed by atoms with Crippen LogP contribution in [0.5, 0.6) is 0 Å². The van der Waals surface area contributed by atoms with Gasteiger partial charge in [-0.25, -0.2) is 8.42 Å². The van der Waals surface area contributed by atoms with Crippen molar-refractivity contribution >= 4 is 27.3 Å². The van der Waals surface area contributed by atoms with Crippen LogP contribution in [0.2, 0.25) is 0 Å². The number of hydrogen-bond acceptors (Lipinski definition) is 7. The normalized spacial score (nSPS) is 11.1. The Hall–Kier alpha value is -3.73. The van der Waals surface area contributed by atoms with E-state index in [0.717, 1.165) is 6.07 Å². The fraction of sp³-hybridized carbons (Fsp3) is 0.158. The molecular formula is C19H18N4O6S. The van der Waals surface area contributed by atoms with Gasteiger partial charge in [-0.1, -0.05) is 23.4 Å². The third-order valence-corrected chi connectivity index (χ3v) is 5.53. The summed E-state index contributed by atoms with van der Waals surface area (Å²) in [7, 11) is -2.61. The number of benzene rings is 2. The first-order valence-electron chi connectivity index (χ1n) is 8.71. The molecule has 2 aromatic carbocycles. The van der Waals surface area contributed by atoms with Crippen molar-refractivity contribution in [3.63, 3.8) is 0 Å². The number of aryl methyl sites for hydroxylation is 1. The smallest absolute Gasteiger partial charge is 0.270 e. The number of aromatic nitrogens is 1. The van der Waals surface area contributed by atoms with E-state index in [-0.39, 0.29) is 28.4 Å². The summed E-state index contributed by atoms with van der Waals surface area (Å²) < 4.78 is 32.8. The summed E-state index contributed by atoms with van der Waals surface area (Å²) in [6.07, 6.45) is 0. The summed E-state index contributed by atoms with van der Waals surface area (Å²) in [5.74, 6) is 0.170. The first-order chi connectivity index (χ1) is 14.2. The highest BCUT2D eigenvalue weighted by Gasteiger charge is 2.22. The standard InChI is InChI=1S/C19H18N4O6S/c1-13-10-14(20-29-13)12-22(2)19(24)17-8-3-4-9-18(17)21-30(27,28)16-7-5-6-15(11-16)23(25)26/h3-11,21H,12H2,1-2H3. The number of nitrogens with one attached hydrogen (secondary N) is 1. The largest absolute Gasteiger partial charge is 0.361 e. The van der Waals surface area contributed by atoms with E-state index in [1.54, 1.807) is 32.2 Å². The minimum Gasteiger partial charge on any atom is -0.361 e. The first-order valence-corrected chi connectivity index (χ1v) is 10.2. The van der Waals surface area contributed by atoms with Gasteiger partial charge in [0.15, 0.2) is 0 Å². The van der Waals surface area contributed by atoms with E-state index in [0.29, 0.717) is 11.5 Å². The quantitative estimate of drug-likeness (QED) is 0.449. The SMILES string of the molecule is Cc1cc(CN(C)C(=O)c2ccccc2NS(=O)(=O)c2cccc([N+](=O)[O-])c2)no1. The molecule has 30 heavy (non-hydrogen) atoms. The maximum absolute atomic E-state index is 12.9. The average Bonchev–Trinajstić information content (AvgIpc) is 3.12. The molecule has 0 saturated carbocycles. The molecule has 10 nitrogen and oxygen atoms in total. The molecule has 156 valence electrons. The zero-order chi connectivity index (χ0) is 21.9. The second-order valence-electron chi connectivity index (χ2n) is 6.50. The molecule has 1 amide bonds. The van der Waals surface area contributed by atoms with Crippen LogP contribution in [-0.4, -0.2) is 36.4 Å². The Balaban J connectivity index is 1.86. The van der Waals surface area contributed by atoms with Crippen molar-refractivity contribution in [2.75, 3.05) is 11.8 Å². The van der Waals surface area contributed by atoms with Gasteiger partial charge in [-0.15, -0.1) is 0 Å². The molecule has 1 heterocycles. The Morgan fingerprint density at radius 1 is 1.20 bits per heavy atom. The number of carbonyl (C=O) groups is 1. The average molecular weight is 430 g/mol. The van der Waals surface area contributed by atoms with Crippen molar-refractivity contribution in [2.24, 2.45) is 0 Å². The first kappa shape index (κ1) is 21.0. The molecular weight excluding hydrogens is 412 g/mol. The van der Waals surface area contributed by atoms with Gasteiger partial charge >= 0.3 is 0 Å². The van der Waals surface area contributed by atoms with Crippen molar-refractivity contribution < 1.29 is 22.7 Å². The van der Waals surface area contributed by atoms with Gasteiger partial charge in [0.25, 0.3) is 21.6 Å². The summed E-state index contributed by atoms with van der Waals surface area (Å²) in [5.41, 5.74) is 0.370.